The maximum atomic E-state index is 13.5. The second-order valence-electron chi connectivity index (χ2n) is 6.98. The molecule has 1 amide bonds. The van der Waals surface area contributed by atoms with Gasteiger partial charge in [-0.15, -0.1) is 0 Å². The maximum Gasteiger partial charge on any atom is 0.258 e. The first-order valence-electron chi connectivity index (χ1n) is 9.91. The van der Waals surface area contributed by atoms with E-state index in [9.17, 15) is 9.59 Å². The lowest BCUT2D eigenvalue weighted by atomic mass is 10.0. The Morgan fingerprint density at radius 3 is 2.35 bits per heavy atom. The van der Waals surface area contributed by atoms with Gasteiger partial charge in [-0.3, -0.25) is 9.59 Å². The van der Waals surface area contributed by atoms with E-state index in [4.69, 9.17) is 16.3 Å². The molecule has 5 nitrogen and oxygen atoms in total. The van der Waals surface area contributed by atoms with Crippen LogP contribution in [-0.2, 0) is 6.54 Å². The van der Waals surface area contributed by atoms with E-state index in [1.807, 2.05) is 41.8 Å². The van der Waals surface area contributed by atoms with E-state index >= 15 is 0 Å². The number of halogens is 1. The van der Waals surface area contributed by atoms with Crippen LogP contribution in [0.4, 0.5) is 5.82 Å². The van der Waals surface area contributed by atoms with Gasteiger partial charge in [-0.2, -0.15) is 0 Å². The number of hydrogen-bond donors (Lipinski definition) is 1. The van der Waals surface area contributed by atoms with Crippen molar-refractivity contribution in [3.8, 4) is 16.9 Å². The Balaban J connectivity index is 1.98. The number of nitrogens with zero attached hydrogens (tertiary/aromatic N) is 1. The zero-order valence-corrected chi connectivity index (χ0v) is 17.9. The van der Waals surface area contributed by atoms with Crippen LogP contribution in [0.1, 0.15) is 17.3 Å². The molecule has 1 heterocycles. The van der Waals surface area contributed by atoms with Gasteiger partial charge < -0.3 is 14.6 Å². The maximum absolute atomic E-state index is 13.5. The largest absolute Gasteiger partial charge is 0.497 e. The van der Waals surface area contributed by atoms with Crippen LogP contribution in [-0.4, -0.2) is 17.6 Å². The summed E-state index contributed by atoms with van der Waals surface area (Å²) in [5.74, 6) is 0.737. The van der Waals surface area contributed by atoms with Gasteiger partial charge in [0.25, 0.3) is 5.91 Å². The Bertz CT molecular complexity index is 1330. The number of anilines is 1. The van der Waals surface area contributed by atoms with E-state index in [-0.39, 0.29) is 11.3 Å². The van der Waals surface area contributed by atoms with E-state index in [0.717, 1.165) is 5.52 Å². The highest BCUT2D eigenvalue weighted by molar-refractivity contribution is 6.34. The fraction of sp³-hybridized carbons (Fsp3) is 0.120. The summed E-state index contributed by atoms with van der Waals surface area (Å²) >= 11 is 6.23. The van der Waals surface area contributed by atoms with Gasteiger partial charge in [0.15, 0.2) is 5.43 Å². The molecule has 0 radical (unpaired) electrons. The number of aryl methyl sites for hydroxylation is 1. The smallest absolute Gasteiger partial charge is 0.258 e. The summed E-state index contributed by atoms with van der Waals surface area (Å²) in [6.45, 7) is 2.53. The Kier molecular flexibility index (Phi) is 5.78. The number of methoxy groups -OCH3 is 1. The van der Waals surface area contributed by atoms with Gasteiger partial charge in [-0.05, 0) is 48.9 Å². The minimum absolute atomic E-state index is 0.153. The van der Waals surface area contributed by atoms with Crippen molar-refractivity contribution in [2.75, 3.05) is 12.4 Å². The van der Waals surface area contributed by atoms with Crippen LogP contribution >= 0.6 is 11.6 Å². The summed E-state index contributed by atoms with van der Waals surface area (Å²) < 4.78 is 7.18. The van der Waals surface area contributed by atoms with Crippen molar-refractivity contribution in [1.29, 1.82) is 0 Å². The molecule has 4 aromatic rings. The topological polar surface area (TPSA) is 60.3 Å². The first kappa shape index (κ1) is 20.7. The molecule has 0 spiro atoms. The molecule has 0 bridgehead atoms. The first-order valence-corrected chi connectivity index (χ1v) is 10.3. The molecule has 0 aliphatic carbocycles. The quantitative estimate of drug-likeness (QED) is 0.446. The van der Waals surface area contributed by atoms with Crippen LogP contribution in [0.2, 0.25) is 5.02 Å². The van der Waals surface area contributed by atoms with Crippen molar-refractivity contribution in [2.45, 2.75) is 13.5 Å². The number of amides is 1. The van der Waals surface area contributed by atoms with Crippen molar-refractivity contribution < 1.29 is 9.53 Å². The van der Waals surface area contributed by atoms with Gasteiger partial charge in [-0.25, -0.2) is 0 Å². The predicted octanol–water partition coefficient (Wildman–Crippen LogP) is 5.60. The highest BCUT2D eigenvalue weighted by Crippen LogP contribution is 2.31. The van der Waals surface area contributed by atoms with Crippen LogP contribution in [0.25, 0.3) is 22.0 Å². The molecule has 6 heteroatoms. The number of hydrogen-bond acceptors (Lipinski definition) is 3. The zero-order valence-electron chi connectivity index (χ0n) is 17.2. The van der Waals surface area contributed by atoms with Crippen molar-refractivity contribution in [3.05, 3.63) is 93.6 Å². The van der Waals surface area contributed by atoms with Gasteiger partial charge in [0.1, 0.15) is 11.6 Å². The number of carbonyl (C=O) groups is 1. The monoisotopic (exact) mass is 432 g/mol. The molecule has 31 heavy (non-hydrogen) atoms. The number of pyridine rings is 1. The molecule has 3 aromatic carbocycles. The van der Waals surface area contributed by atoms with Crippen molar-refractivity contribution >= 4 is 34.2 Å². The fourth-order valence-corrected chi connectivity index (χ4v) is 3.92. The highest BCUT2D eigenvalue weighted by atomic mass is 35.5. The molecule has 0 atom stereocenters. The number of ether oxygens (including phenoxy) is 1. The average molecular weight is 433 g/mol. The van der Waals surface area contributed by atoms with Crippen LogP contribution in [0.5, 0.6) is 5.75 Å². The second-order valence-corrected chi connectivity index (χ2v) is 7.38. The van der Waals surface area contributed by atoms with E-state index < -0.39 is 0 Å². The Morgan fingerprint density at radius 2 is 1.68 bits per heavy atom. The Hall–Kier alpha value is -3.57. The molecule has 156 valence electrons. The molecule has 4 rings (SSSR count). The number of carbonyl (C=O) groups excluding carboxylic acids is 1. The molecule has 1 N–H and O–H groups in total. The minimum atomic E-state index is -0.378. The van der Waals surface area contributed by atoms with E-state index in [0.29, 0.717) is 45.2 Å². The molecule has 0 fully saturated rings. The molecular formula is C25H21ClN2O3. The summed E-state index contributed by atoms with van der Waals surface area (Å²) in [6, 6.07) is 21.4. The number of nitrogens with one attached hydrogen (secondary N) is 1. The molecule has 0 aliphatic heterocycles. The zero-order chi connectivity index (χ0) is 22.0. The second kappa shape index (κ2) is 8.66. The Labute approximate surface area is 184 Å². The van der Waals surface area contributed by atoms with E-state index in [1.165, 1.54) is 0 Å². The van der Waals surface area contributed by atoms with Gasteiger partial charge in [0.05, 0.1) is 28.8 Å². The van der Waals surface area contributed by atoms with Gasteiger partial charge in [0, 0.05) is 11.9 Å². The molecule has 1 aromatic heterocycles. The minimum Gasteiger partial charge on any atom is -0.497 e. The summed E-state index contributed by atoms with van der Waals surface area (Å²) in [5, 5.41) is 3.89. The molecule has 0 aliphatic rings. The lowest BCUT2D eigenvalue weighted by molar-refractivity contribution is 0.102. The first-order chi connectivity index (χ1) is 15.0. The number of benzene rings is 3. The normalized spacial score (nSPS) is 10.8. The number of fused-ring (bicyclic) bond motifs is 1. The number of para-hydroxylation sites is 1. The lowest BCUT2D eigenvalue weighted by Gasteiger charge is -2.20. The third kappa shape index (κ3) is 3.80. The van der Waals surface area contributed by atoms with Gasteiger partial charge >= 0.3 is 0 Å². The van der Waals surface area contributed by atoms with Crippen molar-refractivity contribution in [2.24, 2.45) is 0 Å². The third-order valence-corrected chi connectivity index (χ3v) is 5.55. The predicted molar refractivity (Wildman–Crippen MR) is 125 cm³/mol. The van der Waals surface area contributed by atoms with Crippen LogP contribution in [0.15, 0.2) is 77.6 Å². The molecule has 0 unspecified atom stereocenters. The average Bonchev–Trinajstić information content (AvgIpc) is 2.80. The molecule has 0 saturated carbocycles. The van der Waals surface area contributed by atoms with Crippen LogP contribution in [0.3, 0.4) is 0 Å². The summed E-state index contributed by atoms with van der Waals surface area (Å²) in [4.78, 5) is 26.6. The molecular weight excluding hydrogens is 412 g/mol. The summed E-state index contributed by atoms with van der Waals surface area (Å²) in [5.41, 5.74) is 2.05. The third-order valence-electron chi connectivity index (χ3n) is 5.22. The van der Waals surface area contributed by atoms with Gasteiger partial charge in [-0.1, -0.05) is 48.0 Å². The summed E-state index contributed by atoms with van der Waals surface area (Å²) in [6.07, 6.45) is 0. The standard InChI is InChI=1S/C25H21ClN2O3/c1-3-28-21-11-7-5-9-19(21)23(29)22(16-12-14-17(31-2)15-13-16)24(28)27-25(30)18-8-4-6-10-20(18)26/h4-15H,3H2,1-2H3,(H,27,30). The van der Waals surface area contributed by atoms with Crippen LogP contribution < -0.4 is 15.5 Å². The van der Waals surface area contributed by atoms with E-state index in [1.54, 1.807) is 49.6 Å². The number of aromatic nitrogens is 1. The fourth-order valence-electron chi connectivity index (χ4n) is 3.70. The highest BCUT2D eigenvalue weighted by Gasteiger charge is 2.21. The summed E-state index contributed by atoms with van der Waals surface area (Å²) in [7, 11) is 1.59. The van der Waals surface area contributed by atoms with E-state index in [2.05, 4.69) is 5.32 Å². The number of rotatable bonds is 5. The van der Waals surface area contributed by atoms with Gasteiger partial charge in [0.2, 0.25) is 0 Å². The SMILES string of the molecule is CCn1c(NC(=O)c2ccccc2Cl)c(-c2ccc(OC)cc2)c(=O)c2ccccc21. The lowest BCUT2D eigenvalue weighted by Crippen LogP contribution is -2.22. The molecule has 0 saturated heterocycles. The van der Waals surface area contributed by atoms with Crippen LogP contribution in [0, 0.1) is 0 Å². The van der Waals surface area contributed by atoms with Crippen molar-refractivity contribution in [3.63, 3.8) is 0 Å². The van der Waals surface area contributed by atoms with Crippen molar-refractivity contribution in [1.82, 2.24) is 4.57 Å². The Morgan fingerprint density at radius 1 is 1.00 bits per heavy atom.